The smallest absolute Gasteiger partial charge is 0.323 e. The van der Waals surface area contributed by atoms with E-state index in [4.69, 9.17) is 5.73 Å². The number of pyridine rings is 1. The highest BCUT2D eigenvalue weighted by atomic mass is 16.5. The van der Waals surface area contributed by atoms with Crippen LogP contribution in [0.1, 0.15) is 5.69 Å². The fourth-order valence-electron chi connectivity index (χ4n) is 1.76. The molecular formula is C13H15N3O2. The SMILES string of the molecule is COC(=O)C(N)Cc1cccn1-c1ccccn1. The van der Waals surface area contributed by atoms with Crippen molar-refractivity contribution in [3.05, 3.63) is 48.4 Å². The largest absolute Gasteiger partial charge is 0.468 e. The Kier molecular flexibility index (Phi) is 3.74. The van der Waals surface area contributed by atoms with Crippen molar-refractivity contribution < 1.29 is 9.53 Å². The molecule has 0 bridgehead atoms. The van der Waals surface area contributed by atoms with Crippen molar-refractivity contribution in [2.75, 3.05) is 7.11 Å². The summed E-state index contributed by atoms with van der Waals surface area (Å²) in [4.78, 5) is 15.6. The van der Waals surface area contributed by atoms with Gasteiger partial charge < -0.3 is 15.0 Å². The van der Waals surface area contributed by atoms with Gasteiger partial charge in [-0.25, -0.2) is 4.98 Å². The summed E-state index contributed by atoms with van der Waals surface area (Å²) >= 11 is 0. The molecule has 2 rings (SSSR count). The number of esters is 1. The van der Waals surface area contributed by atoms with E-state index in [9.17, 15) is 4.79 Å². The van der Waals surface area contributed by atoms with Crippen molar-refractivity contribution in [1.82, 2.24) is 9.55 Å². The minimum Gasteiger partial charge on any atom is -0.468 e. The summed E-state index contributed by atoms with van der Waals surface area (Å²) in [5, 5.41) is 0. The van der Waals surface area contributed by atoms with Gasteiger partial charge in [-0.05, 0) is 24.3 Å². The van der Waals surface area contributed by atoms with Crippen LogP contribution in [0.25, 0.3) is 5.82 Å². The minimum absolute atomic E-state index is 0.413. The van der Waals surface area contributed by atoms with Gasteiger partial charge in [0.2, 0.25) is 0 Å². The van der Waals surface area contributed by atoms with Crippen molar-refractivity contribution in [3.8, 4) is 5.82 Å². The lowest BCUT2D eigenvalue weighted by molar-refractivity contribution is -0.142. The average molecular weight is 245 g/mol. The molecule has 2 N–H and O–H groups in total. The fourth-order valence-corrected chi connectivity index (χ4v) is 1.76. The lowest BCUT2D eigenvalue weighted by Crippen LogP contribution is -2.34. The first-order valence-electron chi connectivity index (χ1n) is 5.63. The Morgan fingerprint density at radius 3 is 2.94 bits per heavy atom. The molecule has 0 spiro atoms. The predicted octanol–water partition coefficient (Wildman–Crippen LogP) is 0.915. The maximum Gasteiger partial charge on any atom is 0.323 e. The van der Waals surface area contributed by atoms with Gasteiger partial charge in [0.25, 0.3) is 0 Å². The van der Waals surface area contributed by atoms with Crippen LogP contribution in [0.3, 0.4) is 0 Å². The summed E-state index contributed by atoms with van der Waals surface area (Å²) in [5.74, 6) is 0.387. The summed E-state index contributed by atoms with van der Waals surface area (Å²) in [7, 11) is 1.33. The number of carbonyl (C=O) groups is 1. The number of ether oxygens (including phenoxy) is 1. The van der Waals surface area contributed by atoms with Crippen molar-refractivity contribution in [3.63, 3.8) is 0 Å². The highest BCUT2D eigenvalue weighted by molar-refractivity contribution is 5.75. The number of hydrogen-bond acceptors (Lipinski definition) is 4. The summed E-state index contributed by atoms with van der Waals surface area (Å²) in [5.41, 5.74) is 6.68. The lowest BCUT2D eigenvalue weighted by atomic mass is 10.1. The third-order valence-electron chi connectivity index (χ3n) is 2.66. The molecule has 0 saturated carbocycles. The highest BCUT2D eigenvalue weighted by Gasteiger charge is 2.16. The van der Waals surface area contributed by atoms with E-state index >= 15 is 0 Å². The van der Waals surface area contributed by atoms with Crippen LogP contribution >= 0.6 is 0 Å². The molecule has 1 atom stereocenters. The Bertz CT molecular complexity index is 522. The van der Waals surface area contributed by atoms with Crippen LogP contribution in [0, 0.1) is 0 Å². The molecule has 2 aromatic heterocycles. The molecule has 5 heteroatoms. The normalized spacial score (nSPS) is 12.1. The zero-order valence-corrected chi connectivity index (χ0v) is 10.1. The molecule has 94 valence electrons. The van der Waals surface area contributed by atoms with E-state index < -0.39 is 12.0 Å². The first-order chi connectivity index (χ1) is 8.72. The third kappa shape index (κ3) is 2.57. The molecule has 0 amide bonds. The Morgan fingerprint density at radius 1 is 1.44 bits per heavy atom. The van der Waals surface area contributed by atoms with Gasteiger partial charge in [-0.1, -0.05) is 6.07 Å². The van der Waals surface area contributed by atoms with E-state index in [0.29, 0.717) is 6.42 Å². The number of rotatable bonds is 4. The van der Waals surface area contributed by atoms with Crippen LogP contribution < -0.4 is 5.73 Å². The van der Waals surface area contributed by atoms with Gasteiger partial charge in [0, 0.05) is 24.5 Å². The molecule has 5 nitrogen and oxygen atoms in total. The lowest BCUT2D eigenvalue weighted by Gasteiger charge is -2.12. The van der Waals surface area contributed by atoms with Crippen molar-refractivity contribution in [2.45, 2.75) is 12.5 Å². The van der Waals surface area contributed by atoms with Crippen LogP contribution in [0.15, 0.2) is 42.7 Å². The third-order valence-corrected chi connectivity index (χ3v) is 2.66. The number of nitrogens with zero attached hydrogens (tertiary/aromatic N) is 2. The van der Waals surface area contributed by atoms with Gasteiger partial charge in [-0.15, -0.1) is 0 Å². The van der Waals surface area contributed by atoms with Gasteiger partial charge in [-0.3, -0.25) is 4.79 Å². The van der Waals surface area contributed by atoms with Crippen LogP contribution in [-0.2, 0) is 16.0 Å². The van der Waals surface area contributed by atoms with Crippen molar-refractivity contribution >= 4 is 5.97 Å². The number of aromatic nitrogens is 2. The first kappa shape index (κ1) is 12.3. The van der Waals surface area contributed by atoms with Crippen LogP contribution in [0.4, 0.5) is 0 Å². The van der Waals surface area contributed by atoms with Gasteiger partial charge in [0.05, 0.1) is 7.11 Å². The Hall–Kier alpha value is -2.14. The summed E-state index contributed by atoms with van der Waals surface area (Å²) in [6.45, 7) is 0. The zero-order chi connectivity index (χ0) is 13.0. The standard InChI is InChI=1S/C13H15N3O2/c1-18-13(17)11(14)9-10-5-4-8-16(10)12-6-2-3-7-15-12/h2-8,11H,9,14H2,1H3. The molecule has 0 fully saturated rings. The van der Waals surface area contributed by atoms with Crippen LogP contribution in [-0.4, -0.2) is 28.7 Å². The first-order valence-corrected chi connectivity index (χ1v) is 5.63. The quantitative estimate of drug-likeness (QED) is 0.813. The van der Waals surface area contributed by atoms with Gasteiger partial charge in [-0.2, -0.15) is 0 Å². The molecule has 0 aliphatic carbocycles. The van der Waals surface area contributed by atoms with Gasteiger partial charge >= 0.3 is 5.97 Å². The number of hydrogen-bond donors (Lipinski definition) is 1. The van der Waals surface area contributed by atoms with E-state index in [1.165, 1.54) is 7.11 Å². The summed E-state index contributed by atoms with van der Waals surface area (Å²) < 4.78 is 6.52. The molecular weight excluding hydrogens is 230 g/mol. The predicted molar refractivity (Wildman–Crippen MR) is 67.3 cm³/mol. The average Bonchev–Trinajstić information content (AvgIpc) is 2.86. The molecule has 2 aromatic rings. The van der Waals surface area contributed by atoms with E-state index in [2.05, 4.69) is 9.72 Å². The van der Waals surface area contributed by atoms with Crippen molar-refractivity contribution in [2.24, 2.45) is 5.73 Å². The van der Waals surface area contributed by atoms with E-state index in [0.717, 1.165) is 11.5 Å². The monoisotopic (exact) mass is 245 g/mol. The molecule has 0 saturated heterocycles. The van der Waals surface area contributed by atoms with E-state index in [-0.39, 0.29) is 0 Å². The zero-order valence-electron chi connectivity index (χ0n) is 10.1. The maximum absolute atomic E-state index is 11.3. The summed E-state index contributed by atoms with van der Waals surface area (Å²) in [6, 6.07) is 8.81. The van der Waals surface area contributed by atoms with Crippen LogP contribution in [0.2, 0.25) is 0 Å². The maximum atomic E-state index is 11.3. The fraction of sp³-hybridized carbons (Fsp3) is 0.231. The molecule has 0 radical (unpaired) electrons. The van der Waals surface area contributed by atoms with E-state index in [1.54, 1.807) is 6.20 Å². The molecule has 1 unspecified atom stereocenters. The molecule has 18 heavy (non-hydrogen) atoms. The minimum atomic E-state index is -0.660. The topological polar surface area (TPSA) is 70.1 Å². The molecule has 0 aliphatic rings. The second kappa shape index (κ2) is 5.46. The Labute approximate surface area is 105 Å². The summed E-state index contributed by atoms with van der Waals surface area (Å²) in [6.07, 6.45) is 4.03. The van der Waals surface area contributed by atoms with Gasteiger partial charge in [0.1, 0.15) is 11.9 Å². The highest BCUT2D eigenvalue weighted by Crippen LogP contribution is 2.11. The number of nitrogens with two attached hydrogens (primary N) is 1. The molecule has 0 aromatic carbocycles. The van der Waals surface area contributed by atoms with E-state index in [1.807, 2.05) is 41.1 Å². The Morgan fingerprint density at radius 2 is 2.28 bits per heavy atom. The molecule has 0 aliphatic heterocycles. The van der Waals surface area contributed by atoms with Crippen LogP contribution in [0.5, 0.6) is 0 Å². The molecule has 2 heterocycles. The van der Waals surface area contributed by atoms with Gasteiger partial charge in [0.15, 0.2) is 0 Å². The second-order valence-electron chi connectivity index (χ2n) is 3.89. The number of carbonyl (C=O) groups excluding carboxylic acids is 1. The second-order valence-corrected chi connectivity index (χ2v) is 3.89. The van der Waals surface area contributed by atoms with Crippen molar-refractivity contribution in [1.29, 1.82) is 0 Å². The Balaban J connectivity index is 2.21. The number of methoxy groups -OCH3 is 1.